The van der Waals surface area contributed by atoms with Crippen molar-refractivity contribution in [3.63, 3.8) is 0 Å². The molecule has 0 unspecified atom stereocenters. The Kier molecular flexibility index (Phi) is 8.48. The van der Waals surface area contributed by atoms with Crippen LogP contribution in [0.4, 0.5) is 11.5 Å². The second-order valence-corrected chi connectivity index (χ2v) is 5.39. The fourth-order valence-corrected chi connectivity index (χ4v) is 2.48. The van der Waals surface area contributed by atoms with Gasteiger partial charge >= 0.3 is 0 Å². The maximum absolute atomic E-state index is 12.1. The molecule has 1 amide bonds. The summed E-state index contributed by atoms with van der Waals surface area (Å²) in [4.78, 5) is 18.8. The summed E-state index contributed by atoms with van der Waals surface area (Å²) in [7, 11) is 0. The van der Waals surface area contributed by atoms with Crippen molar-refractivity contribution in [3.8, 4) is 0 Å². The van der Waals surface area contributed by atoms with Gasteiger partial charge in [0, 0.05) is 31.5 Å². The van der Waals surface area contributed by atoms with Crippen molar-refractivity contribution in [1.82, 2.24) is 10.3 Å². The van der Waals surface area contributed by atoms with Gasteiger partial charge in [-0.3, -0.25) is 4.79 Å². The Balaban J connectivity index is 0.00000156. The van der Waals surface area contributed by atoms with Gasteiger partial charge in [0.25, 0.3) is 5.91 Å². The SMILES string of the molecule is Cl.Cl.Nc1ccccc1C(=O)NCc1ccc(N2CCOCC2)nc1. The van der Waals surface area contributed by atoms with E-state index in [2.05, 4.69) is 15.2 Å². The van der Waals surface area contributed by atoms with E-state index in [1.807, 2.05) is 12.1 Å². The number of hydrogen-bond acceptors (Lipinski definition) is 5. The molecule has 0 bridgehead atoms. The van der Waals surface area contributed by atoms with E-state index in [4.69, 9.17) is 10.5 Å². The Morgan fingerprint density at radius 2 is 1.88 bits per heavy atom. The molecule has 1 saturated heterocycles. The number of halogens is 2. The molecular formula is C17H22Cl2N4O2. The van der Waals surface area contributed by atoms with Crippen LogP contribution in [0.25, 0.3) is 0 Å². The second-order valence-electron chi connectivity index (χ2n) is 5.39. The van der Waals surface area contributed by atoms with Crippen molar-refractivity contribution in [2.75, 3.05) is 36.9 Å². The standard InChI is InChI=1S/C17H20N4O2.2ClH/c18-15-4-2-1-3-14(15)17(22)20-12-13-5-6-16(19-11-13)21-7-9-23-10-8-21;;/h1-6,11H,7-10,12,18H2,(H,20,22);2*1H. The Labute approximate surface area is 159 Å². The average Bonchev–Trinajstić information content (AvgIpc) is 2.61. The number of morpholine rings is 1. The fraction of sp³-hybridized carbons (Fsp3) is 0.294. The van der Waals surface area contributed by atoms with Crippen LogP contribution in [0, 0.1) is 0 Å². The maximum Gasteiger partial charge on any atom is 0.253 e. The normalized spacial score (nSPS) is 13.4. The molecule has 25 heavy (non-hydrogen) atoms. The summed E-state index contributed by atoms with van der Waals surface area (Å²) in [5.41, 5.74) is 7.72. The number of anilines is 2. The van der Waals surface area contributed by atoms with Crippen molar-refractivity contribution in [3.05, 3.63) is 53.7 Å². The summed E-state index contributed by atoms with van der Waals surface area (Å²) in [5, 5.41) is 2.86. The molecule has 0 aliphatic carbocycles. The summed E-state index contributed by atoms with van der Waals surface area (Å²) in [6.45, 7) is 3.60. The van der Waals surface area contributed by atoms with Gasteiger partial charge in [0.15, 0.2) is 0 Å². The summed E-state index contributed by atoms with van der Waals surface area (Å²) in [6, 6.07) is 11.0. The molecular weight excluding hydrogens is 363 g/mol. The average molecular weight is 385 g/mol. The third-order valence-electron chi connectivity index (χ3n) is 3.80. The van der Waals surface area contributed by atoms with E-state index in [1.54, 1.807) is 30.5 Å². The largest absolute Gasteiger partial charge is 0.398 e. The second kappa shape index (κ2) is 10.1. The van der Waals surface area contributed by atoms with Crippen molar-refractivity contribution >= 4 is 42.2 Å². The van der Waals surface area contributed by atoms with Crippen LogP contribution in [0.2, 0.25) is 0 Å². The predicted octanol–water partition coefficient (Wildman–Crippen LogP) is 2.27. The first-order valence-electron chi connectivity index (χ1n) is 7.64. The van der Waals surface area contributed by atoms with E-state index in [9.17, 15) is 4.79 Å². The van der Waals surface area contributed by atoms with Crippen molar-refractivity contribution < 1.29 is 9.53 Å². The van der Waals surface area contributed by atoms with Crippen molar-refractivity contribution in [2.45, 2.75) is 6.54 Å². The van der Waals surface area contributed by atoms with Crippen molar-refractivity contribution in [1.29, 1.82) is 0 Å². The minimum absolute atomic E-state index is 0. The number of nitrogen functional groups attached to an aromatic ring is 1. The number of para-hydroxylation sites is 1. The number of nitrogens with zero attached hydrogens (tertiary/aromatic N) is 2. The van der Waals surface area contributed by atoms with Gasteiger partial charge in [0.2, 0.25) is 0 Å². The van der Waals surface area contributed by atoms with Crippen LogP contribution in [0.15, 0.2) is 42.6 Å². The highest BCUT2D eigenvalue weighted by Gasteiger charge is 2.12. The Morgan fingerprint density at radius 3 is 2.52 bits per heavy atom. The first-order chi connectivity index (χ1) is 11.2. The van der Waals surface area contributed by atoms with Crippen LogP contribution in [-0.4, -0.2) is 37.2 Å². The molecule has 2 heterocycles. The molecule has 2 aromatic rings. The quantitative estimate of drug-likeness (QED) is 0.790. The topological polar surface area (TPSA) is 80.5 Å². The highest BCUT2D eigenvalue weighted by atomic mass is 35.5. The van der Waals surface area contributed by atoms with Gasteiger partial charge in [0.1, 0.15) is 5.82 Å². The summed E-state index contributed by atoms with van der Waals surface area (Å²) in [5.74, 6) is 0.760. The Bertz CT molecular complexity index is 677. The van der Waals surface area contributed by atoms with Gasteiger partial charge in [-0.2, -0.15) is 0 Å². The monoisotopic (exact) mass is 384 g/mol. The van der Waals surface area contributed by atoms with E-state index < -0.39 is 0 Å². The lowest BCUT2D eigenvalue weighted by atomic mass is 10.1. The van der Waals surface area contributed by atoms with E-state index >= 15 is 0 Å². The smallest absolute Gasteiger partial charge is 0.253 e. The zero-order valence-corrected chi connectivity index (χ0v) is 15.3. The maximum atomic E-state index is 12.1. The van der Waals surface area contributed by atoms with Crippen LogP contribution in [0.1, 0.15) is 15.9 Å². The van der Waals surface area contributed by atoms with E-state index in [0.717, 1.165) is 37.7 Å². The number of ether oxygens (including phenoxy) is 1. The lowest BCUT2D eigenvalue weighted by Crippen LogP contribution is -2.36. The third kappa shape index (κ3) is 5.49. The number of aromatic nitrogens is 1. The lowest BCUT2D eigenvalue weighted by molar-refractivity contribution is 0.0951. The number of nitrogens with one attached hydrogen (secondary N) is 1. The molecule has 1 aliphatic rings. The highest BCUT2D eigenvalue weighted by Crippen LogP contribution is 2.14. The molecule has 8 heteroatoms. The van der Waals surface area contributed by atoms with E-state index in [1.165, 1.54) is 0 Å². The zero-order chi connectivity index (χ0) is 16.1. The van der Waals surface area contributed by atoms with E-state index in [0.29, 0.717) is 17.8 Å². The van der Waals surface area contributed by atoms with Gasteiger partial charge in [-0.1, -0.05) is 18.2 Å². The summed E-state index contributed by atoms with van der Waals surface area (Å²) in [6.07, 6.45) is 1.79. The number of pyridine rings is 1. The number of benzene rings is 1. The summed E-state index contributed by atoms with van der Waals surface area (Å²) < 4.78 is 5.33. The molecule has 1 aromatic carbocycles. The molecule has 1 aliphatic heterocycles. The lowest BCUT2D eigenvalue weighted by Gasteiger charge is -2.27. The summed E-state index contributed by atoms with van der Waals surface area (Å²) >= 11 is 0. The Hall–Kier alpha value is -2.02. The number of nitrogens with two attached hydrogens (primary N) is 1. The molecule has 3 rings (SSSR count). The number of carbonyl (C=O) groups is 1. The third-order valence-corrected chi connectivity index (χ3v) is 3.80. The van der Waals surface area contributed by atoms with Crippen LogP contribution in [0.3, 0.4) is 0 Å². The minimum Gasteiger partial charge on any atom is -0.398 e. The van der Waals surface area contributed by atoms with Gasteiger partial charge in [-0.25, -0.2) is 4.98 Å². The van der Waals surface area contributed by atoms with Crippen LogP contribution >= 0.6 is 24.8 Å². The predicted molar refractivity (Wildman–Crippen MR) is 104 cm³/mol. The molecule has 3 N–H and O–H groups in total. The number of carbonyl (C=O) groups excluding carboxylic acids is 1. The molecule has 6 nitrogen and oxygen atoms in total. The molecule has 0 radical (unpaired) electrons. The zero-order valence-electron chi connectivity index (χ0n) is 13.7. The molecule has 0 saturated carbocycles. The number of hydrogen-bond donors (Lipinski definition) is 2. The van der Waals surface area contributed by atoms with Crippen LogP contribution in [0.5, 0.6) is 0 Å². The fourth-order valence-electron chi connectivity index (χ4n) is 2.48. The van der Waals surface area contributed by atoms with Gasteiger partial charge in [0.05, 0.1) is 18.8 Å². The first-order valence-corrected chi connectivity index (χ1v) is 7.64. The minimum atomic E-state index is -0.180. The number of amides is 1. The van der Waals surface area contributed by atoms with Gasteiger partial charge in [-0.05, 0) is 23.8 Å². The van der Waals surface area contributed by atoms with Gasteiger partial charge in [-0.15, -0.1) is 24.8 Å². The molecule has 1 aromatic heterocycles. The molecule has 0 atom stereocenters. The van der Waals surface area contributed by atoms with E-state index in [-0.39, 0.29) is 30.7 Å². The van der Waals surface area contributed by atoms with Gasteiger partial charge < -0.3 is 20.7 Å². The van der Waals surface area contributed by atoms with Crippen molar-refractivity contribution in [2.24, 2.45) is 0 Å². The molecule has 136 valence electrons. The molecule has 0 spiro atoms. The Morgan fingerprint density at radius 1 is 1.16 bits per heavy atom. The van der Waals surface area contributed by atoms with Crippen LogP contribution < -0.4 is 16.0 Å². The highest BCUT2D eigenvalue weighted by molar-refractivity contribution is 5.98. The number of rotatable bonds is 4. The molecule has 1 fully saturated rings. The van der Waals surface area contributed by atoms with Crippen LogP contribution in [-0.2, 0) is 11.3 Å². The first kappa shape index (κ1) is 21.0.